The molecule has 1 heterocycles. The van der Waals surface area contributed by atoms with Crippen molar-refractivity contribution < 1.29 is 4.92 Å². The maximum Gasteiger partial charge on any atom is 0.276 e. The number of hydrogen-bond acceptors (Lipinski definition) is 5. The van der Waals surface area contributed by atoms with Crippen molar-refractivity contribution in [2.75, 3.05) is 0 Å². The van der Waals surface area contributed by atoms with E-state index in [1.54, 1.807) is 18.2 Å². The van der Waals surface area contributed by atoms with Crippen LogP contribution in [0.3, 0.4) is 0 Å². The molecule has 0 aliphatic carbocycles. The zero-order valence-corrected chi connectivity index (χ0v) is 15.1. The fourth-order valence-electron chi connectivity index (χ4n) is 2.50. The van der Waals surface area contributed by atoms with Crippen LogP contribution in [-0.2, 0) is 0 Å². The summed E-state index contributed by atoms with van der Waals surface area (Å²) in [5.41, 5.74) is 4.81. The first-order chi connectivity index (χ1) is 12.5. The second-order valence-corrected chi connectivity index (χ2v) is 6.68. The quantitative estimate of drug-likeness (QED) is 0.354. The van der Waals surface area contributed by atoms with E-state index >= 15 is 0 Å². The zero-order valence-electron chi connectivity index (χ0n) is 14.3. The van der Waals surface area contributed by atoms with Gasteiger partial charge in [-0.3, -0.25) is 10.1 Å². The Labute approximate surface area is 155 Å². The van der Waals surface area contributed by atoms with Crippen LogP contribution in [0.25, 0.3) is 22.9 Å². The van der Waals surface area contributed by atoms with Gasteiger partial charge >= 0.3 is 0 Å². The third-order valence-corrected chi connectivity index (χ3v) is 4.97. The van der Waals surface area contributed by atoms with Gasteiger partial charge < -0.3 is 0 Å². The normalized spacial score (nSPS) is 11.2. The summed E-state index contributed by atoms with van der Waals surface area (Å²) in [5, 5.41) is 23.1. The third-order valence-electron chi connectivity index (χ3n) is 4.09. The van der Waals surface area contributed by atoms with Crippen LogP contribution >= 0.6 is 11.3 Å². The van der Waals surface area contributed by atoms with E-state index < -0.39 is 4.92 Å². The Morgan fingerprint density at radius 2 is 2.00 bits per heavy atom. The van der Waals surface area contributed by atoms with Crippen LogP contribution in [0.15, 0.2) is 47.8 Å². The predicted octanol–water partition coefficient (Wildman–Crippen LogP) is 5.40. The van der Waals surface area contributed by atoms with Crippen LogP contribution in [-0.4, -0.2) is 9.91 Å². The number of para-hydroxylation sites is 1. The van der Waals surface area contributed by atoms with Crippen molar-refractivity contribution in [1.29, 1.82) is 5.26 Å². The van der Waals surface area contributed by atoms with Gasteiger partial charge in [0.2, 0.25) is 0 Å². The molecule has 0 bridgehead atoms. The lowest BCUT2D eigenvalue weighted by Gasteiger charge is -2.02. The lowest BCUT2D eigenvalue weighted by Crippen LogP contribution is -1.91. The SMILES string of the molecule is Cc1ccc(-c2csc(/C(C#N)=C/c3ccccc3[N+](=O)[O-])n2)cc1C. The molecule has 3 rings (SSSR count). The van der Waals surface area contributed by atoms with Crippen molar-refractivity contribution in [2.45, 2.75) is 13.8 Å². The Morgan fingerprint density at radius 3 is 2.69 bits per heavy atom. The van der Waals surface area contributed by atoms with Crippen LogP contribution in [0.4, 0.5) is 5.69 Å². The van der Waals surface area contributed by atoms with E-state index in [2.05, 4.69) is 24.0 Å². The molecule has 128 valence electrons. The van der Waals surface area contributed by atoms with Gasteiger partial charge in [0.25, 0.3) is 5.69 Å². The number of hydrogen-bond donors (Lipinski definition) is 0. The summed E-state index contributed by atoms with van der Waals surface area (Å²) in [6.45, 7) is 4.09. The van der Waals surface area contributed by atoms with Crippen molar-refractivity contribution >= 4 is 28.7 Å². The standard InChI is InChI=1S/C20H15N3O2S/c1-13-7-8-15(9-14(13)2)18-12-26-20(22-18)17(11-21)10-16-5-3-4-6-19(16)23(24)25/h3-10,12H,1-2H3/b17-10+. The molecule has 5 nitrogen and oxygen atoms in total. The maximum absolute atomic E-state index is 11.2. The number of aromatic nitrogens is 1. The van der Waals surface area contributed by atoms with Gasteiger partial charge in [-0.2, -0.15) is 5.26 Å². The molecule has 0 aliphatic rings. The van der Waals surface area contributed by atoms with Crippen LogP contribution in [0.1, 0.15) is 21.7 Å². The van der Waals surface area contributed by atoms with Gasteiger partial charge in [0.05, 0.1) is 21.8 Å². The average molecular weight is 361 g/mol. The molecule has 0 spiro atoms. The predicted molar refractivity (Wildman–Crippen MR) is 104 cm³/mol. The van der Waals surface area contributed by atoms with E-state index in [1.807, 2.05) is 24.4 Å². The molecule has 3 aromatic rings. The minimum absolute atomic E-state index is 0.0359. The highest BCUT2D eigenvalue weighted by Gasteiger charge is 2.14. The summed E-state index contributed by atoms with van der Waals surface area (Å²) in [5.74, 6) is 0. The number of benzene rings is 2. The number of allylic oxidation sites excluding steroid dienone is 1. The second kappa shape index (κ2) is 7.30. The molecule has 0 atom stereocenters. The molecule has 6 heteroatoms. The average Bonchev–Trinajstić information content (AvgIpc) is 3.12. The first-order valence-electron chi connectivity index (χ1n) is 7.88. The molecule has 26 heavy (non-hydrogen) atoms. The fraction of sp³-hybridized carbons (Fsp3) is 0.100. The summed E-state index contributed by atoms with van der Waals surface area (Å²) in [4.78, 5) is 15.3. The van der Waals surface area contributed by atoms with Gasteiger partial charge in [-0.25, -0.2) is 4.98 Å². The summed E-state index contributed by atoms with van der Waals surface area (Å²) < 4.78 is 0. The van der Waals surface area contributed by atoms with Crippen molar-refractivity contribution in [3.05, 3.63) is 79.7 Å². The van der Waals surface area contributed by atoms with Gasteiger partial charge in [-0.1, -0.05) is 24.3 Å². The number of nitriles is 1. The molecule has 1 aromatic heterocycles. The minimum atomic E-state index is -0.455. The van der Waals surface area contributed by atoms with Gasteiger partial charge in [-0.15, -0.1) is 11.3 Å². The molecule has 0 unspecified atom stereocenters. The molecule has 0 saturated carbocycles. The molecular formula is C20H15N3O2S. The molecule has 0 saturated heterocycles. The van der Waals surface area contributed by atoms with E-state index in [9.17, 15) is 15.4 Å². The summed E-state index contributed by atoms with van der Waals surface area (Å²) in [6, 6.07) is 14.5. The van der Waals surface area contributed by atoms with Crippen molar-refractivity contribution in [2.24, 2.45) is 0 Å². The highest BCUT2D eigenvalue weighted by Crippen LogP contribution is 2.29. The van der Waals surface area contributed by atoms with E-state index in [1.165, 1.54) is 34.6 Å². The number of thiazole rings is 1. The Bertz CT molecular complexity index is 1060. The Morgan fingerprint density at radius 1 is 1.23 bits per heavy atom. The van der Waals surface area contributed by atoms with Crippen LogP contribution < -0.4 is 0 Å². The zero-order chi connectivity index (χ0) is 18.7. The fourth-order valence-corrected chi connectivity index (χ4v) is 3.30. The molecule has 2 aromatic carbocycles. The first kappa shape index (κ1) is 17.5. The number of nitrogens with zero attached hydrogens (tertiary/aromatic N) is 3. The lowest BCUT2D eigenvalue weighted by molar-refractivity contribution is -0.385. The Balaban J connectivity index is 2.00. The monoisotopic (exact) mass is 361 g/mol. The Kier molecular flexibility index (Phi) is 4.92. The van der Waals surface area contributed by atoms with Crippen molar-refractivity contribution in [3.63, 3.8) is 0 Å². The largest absolute Gasteiger partial charge is 0.276 e. The summed E-state index contributed by atoms with van der Waals surface area (Å²) in [7, 11) is 0. The molecule has 0 radical (unpaired) electrons. The Hall–Kier alpha value is -3.30. The van der Waals surface area contributed by atoms with Crippen LogP contribution in [0, 0.1) is 35.3 Å². The van der Waals surface area contributed by atoms with Gasteiger partial charge in [-0.05, 0) is 43.2 Å². The number of nitro benzene ring substituents is 1. The van der Waals surface area contributed by atoms with Gasteiger partial charge in [0.1, 0.15) is 11.1 Å². The van der Waals surface area contributed by atoms with E-state index in [4.69, 9.17) is 0 Å². The van der Waals surface area contributed by atoms with E-state index in [0.29, 0.717) is 16.1 Å². The molecule has 0 aliphatic heterocycles. The minimum Gasteiger partial charge on any atom is -0.258 e. The van der Waals surface area contributed by atoms with Crippen LogP contribution in [0.2, 0.25) is 0 Å². The topological polar surface area (TPSA) is 79.8 Å². The van der Waals surface area contributed by atoms with Crippen molar-refractivity contribution in [3.8, 4) is 17.3 Å². The smallest absolute Gasteiger partial charge is 0.258 e. The number of aryl methyl sites for hydroxylation is 2. The lowest BCUT2D eigenvalue weighted by atomic mass is 10.0. The molecule has 0 amide bonds. The van der Waals surface area contributed by atoms with E-state index in [0.717, 1.165) is 11.3 Å². The molecule has 0 N–H and O–H groups in total. The van der Waals surface area contributed by atoms with E-state index in [-0.39, 0.29) is 5.69 Å². The second-order valence-electron chi connectivity index (χ2n) is 5.82. The first-order valence-corrected chi connectivity index (χ1v) is 8.76. The molecular weight excluding hydrogens is 346 g/mol. The number of nitro groups is 1. The van der Waals surface area contributed by atoms with Crippen molar-refractivity contribution in [1.82, 2.24) is 4.98 Å². The third kappa shape index (κ3) is 3.53. The van der Waals surface area contributed by atoms with Gasteiger partial charge in [0, 0.05) is 17.0 Å². The molecule has 0 fully saturated rings. The summed E-state index contributed by atoms with van der Waals surface area (Å²) in [6.07, 6.45) is 1.52. The number of rotatable bonds is 4. The maximum atomic E-state index is 11.2. The van der Waals surface area contributed by atoms with Crippen LogP contribution in [0.5, 0.6) is 0 Å². The highest BCUT2D eigenvalue weighted by molar-refractivity contribution is 7.11. The summed E-state index contributed by atoms with van der Waals surface area (Å²) >= 11 is 1.35. The van der Waals surface area contributed by atoms with Gasteiger partial charge in [0.15, 0.2) is 0 Å². The highest BCUT2D eigenvalue weighted by atomic mass is 32.1.